The third-order valence-corrected chi connectivity index (χ3v) is 2.35. The number of methoxy groups -OCH3 is 1. The third kappa shape index (κ3) is 1.79. The molecule has 0 aliphatic rings. The molecule has 0 bridgehead atoms. The van der Waals surface area contributed by atoms with Crippen molar-refractivity contribution >= 4 is 23.6 Å². The van der Waals surface area contributed by atoms with Crippen LogP contribution in [0, 0.1) is 0 Å². The molecule has 0 aromatic carbocycles. The average Bonchev–Trinajstić information content (AvgIpc) is 2.59. The van der Waals surface area contributed by atoms with Gasteiger partial charge in [-0.15, -0.1) is 12.4 Å². The number of aromatic nitrogens is 2. The molecule has 0 saturated carbocycles. The van der Waals surface area contributed by atoms with Crippen molar-refractivity contribution in [3.05, 3.63) is 24.0 Å². The molecule has 5 nitrogen and oxygen atoms in total. The fourth-order valence-corrected chi connectivity index (χ4v) is 1.63. The SMILES string of the molecule is COc1c(C(C)O)ccn2ncc(N)c12.Cl. The Hall–Kier alpha value is -1.46. The maximum atomic E-state index is 9.57. The molecule has 0 fully saturated rings. The van der Waals surface area contributed by atoms with Gasteiger partial charge in [0.15, 0.2) is 5.75 Å². The Bertz CT molecular complexity index is 496. The molecule has 88 valence electrons. The van der Waals surface area contributed by atoms with Crippen LogP contribution in [-0.4, -0.2) is 21.8 Å². The van der Waals surface area contributed by atoms with Crippen molar-refractivity contribution < 1.29 is 9.84 Å². The van der Waals surface area contributed by atoms with Gasteiger partial charge in [-0.3, -0.25) is 0 Å². The maximum absolute atomic E-state index is 9.57. The zero-order valence-electron chi connectivity index (χ0n) is 9.04. The number of halogens is 1. The van der Waals surface area contributed by atoms with Crippen molar-refractivity contribution in [2.75, 3.05) is 12.8 Å². The quantitative estimate of drug-likeness (QED) is 0.836. The summed E-state index contributed by atoms with van der Waals surface area (Å²) in [5.74, 6) is 0.572. The lowest BCUT2D eigenvalue weighted by molar-refractivity contribution is 0.194. The number of anilines is 1. The summed E-state index contributed by atoms with van der Waals surface area (Å²) in [4.78, 5) is 0. The molecular formula is C10H14ClN3O2. The summed E-state index contributed by atoms with van der Waals surface area (Å²) >= 11 is 0. The van der Waals surface area contributed by atoms with E-state index < -0.39 is 6.10 Å². The third-order valence-electron chi connectivity index (χ3n) is 2.35. The molecule has 16 heavy (non-hydrogen) atoms. The van der Waals surface area contributed by atoms with E-state index in [4.69, 9.17) is 10.5 Å². The first-order valence-electron chi connectivity index (χ1n) is 4.63. The second-order valence-electron chi connectivity index (χ2n) is 3.37. The van der Waals surface area contributed by atoms with E-state index in [2.05, 4.69) is 5.10 Å². The molecule has 2 rings (SSSR count). The van der Waals surface area contributed by atoms with Crippen LogP contribution in [0.2, 0.25) is 0 Å². The Kier molecular flexibility index (Phi) is 3.62. The molecule has 0 radical (unpaired) electrons. The maximum Gasteiger partial charge on any atom is 0.152 e. The number of fused-ring (bicyclic) bond motifs is 1. The highest BCUT2D eigenvalue weighted by atomic mass is 35.5. The van der Waals surface area contributed by atoms with Crippen LogP contribution in [-0.2, 0) is 0 Å². The highest BCUT2D eigenvalue weighted by Crippen LogP contribution is 2.32. The van der Waals surface area contributed by atoms with Crippen molar-refractivity contribution in [1.29, 1.82) is 0 Å². The summed E-state index contributed by atoms with van der Waals surface area (Å²) in [6, 6.07) is 1.77. The molecule has 0 amide bonds. The van der Waals surface area contributed by atoms with E-state index in [1.807, 2.05) is 0 Å². The first-order valence-corrected chi connectivity index (χ1v) is 4.63. The Balaban J connectivity index is 0.00000128. The Morgan fingerprint density at radius 1 is 1.56 bits per heavy atom. The summed E-state index contributed by atoms with van der Waals surface area (Å²) in [6.45, 7) is 1.68. The van der Waals surface area contributed by atoms with Gasteiger partial charge in [-0.25, -0.2) is 4.52 Å². The number of hydrogen-bond donors (Lipinski definition) is 2. The lowest BCUT2D eigenvalue weighted by Gasteiger charge is -2.12. The van der Waals surface area contributed by atoms with Gasteiger partial charge in [-0.2, -0.15) is 5.10 Å². The summed E-state index contributed by atoms with van der Waals surface area (Å²) in [6.07, 6.45) is 2.71. The molecule has 2 aromatic heterocycles. The summed E-state index contributed by atoms with van der Waals surface area (Å²) in [5.41, 5.74) is 7.71. The number of nitrogens with two attached hydrogens (primary N) is 1. The minimum absolute atomic E-state index is 0. The van der Waals surface area contributed by atoms with Crippen molar-refractivity contribution in [2.45, 2.75) is 13.0 Å². The van der Waals surface area contributed by atoms with Crippen molar-refractivity contribution in [3.8, 4) is 5.75 Å². The highest BCUT2D eigenvalue weighted by Gasteiger charge is 2.15. The Labute approximate surface area is 99.2 Å². The topological polar surface area (TPSA) is 72.8 Å². The lowest BCUT2D eigenvalue weighted by atomic mass is 10.1. The summed E-state index contributed by atoms with van der Waals surface area (Å²) in [7, 11) is 1.55. The van der Waals surface area contributed by atoms with Crippen LogP contribution < -0.4 is 10.5 Å². The lowest BCUT2D eigenvalue weighted by Crippen LogP contribution is -2.01. The second-order valence-corrected chi connectivity index (χ2v) is 3.37. The largest absolute Gasteiger partial charge is 0.494 e. The summed E-state index contributed by atoms with van der Waals surface area (Å²) < 4.78 is 6.88. The normalized spacial score (nSPS) is 12.2. The number of aliphatic hydroxyl groups excluding tert-OH is 1. The van der Waals surface area contributed by atoms with Crippen LogP contribution in [0.15, 0.2) is 18.5 Å². The molecule has 2 heterocycles. The molecule has 1 atom stereocenters. The van der Waals surface area contributed by atoms with Gasteiger partial charge in [-0.05, 0) is 13.0 Å². The van der Waals surface area contributed by atoms with E-state index in [1.54, 1.807) is 37.0 Å². The fourth-order valence-electron chi connectivity index (χ4n) is 1.63. The molecule has 0 spiro atoms. The van der Waals surface area contributed by atoms with Crippen LogP contribution in [0.5, 0.6) is 5.75 Å². The van der Waals surface area contributed by atoms with Gasteiger partial charge in [0.1, 0.15) is 5.52 Å². The van der Waals surface area contributed by atoms with Crippen LogP contribution in [0.3, 0.4) is 0 Å². The number of aliphatic hydroxyl groups is 1. The number of ether oxygens (including phenoxy) is 1. The Morgan fingerprint density at radius 2 is 2.25 bits per heavy atom. The predicted octanol–water partition coefficient (Wildman–Crippen LogP) is 1.40. The van der Waals surface area contributed by atoms with Crippen LogP contribution in [0.4, 0.5) is 5.69 Å². The second kappa shape index (κ2) is 4.59. The van der Waals surface area contributed by atoms with Crippen LogP contribution >= 0.6 is 12.4 Å². The first-order chi connectivity index (χ1) is 7.15. The number of rotatable bonds is 2. The van der Waals surface area contributed by atoms with Gasteiger partial charge in [0.2, 0.25) is 0 Å². The van der Waals surface area contributed by atoms with Gasteiger partial charge in [0.05, 0.1) is 25.1 Å². The number of pyridine rings is 1. The van der Waals surface area contributed by atoms with Gasteiger partial charge in [0, 0.05) is 11.8 Å². The van der Waals surface area contributed by atoms with E-state index in [9.17, 15) is 5.11 Å². The number of nitrogen functional groups attached to an aromatic ring is 1. The molecule has 2 aromatic rings. The van der Waals surface area contributed by atoms with Crippen molar-refractivity contribution in [3.63, 3.8) is 0 Å². The zero-order valence-corrected chi connectivity index (χ0v) is 9.86. The van der Waals surface area contributed by atoms with Gasteiger partial charge in [0.25, 0.3) is 0 Å². The predicted molar refractivity (Wildman–Crippen MR) is 64.0 cm³/mol. The van der Waals surface area contributed by atoms with Gasteiger partial charge in [-0.1, -0.05) is 0 Å². The number of hydrogen-bond acceptors (Lipinski definition) is 4. The highest BCUT2D eigenvalue weighted by molar-refractivity contribution is 5.85. The summed E-state index contributed by atoms with van der Waals surface area (Å²) in [5, 5.41) is 13.6. The van der Waals surface area contributed by atoms with Crippen molar-refractivity contribution in [1.82, 2.24) is 9.61 Å². The van der Waals surface area contributed by atoms with Gasteiger partial charge >= 0.3 is 0 Å². The molecule has 0 aliphatic carbocycles. The number of nitrogens with zero attached hydrogens (tertiary/aromatic N) is 2. The minimum atomic E-state index is -0.598. The Morgan fingerprint density at radius 3 is 2.81 bits per heavy atom. The molecule has 0 saturated heterocycles. The van der Waals surface area contributed by atoms with E-state index in [1.165, 1.54) is 0 Å². The van der Waals surface area contributed by atoms with Crippen LogP contribution in [0.25, 0.3) is 5.52 Å². The zero-order chi connectivity index (χ0) is 11.0. The van der Waals surface area contributed by atoms with E-state index in [-0.39, 0.29) is 12.4 Å². The average molecular weight is 244 g/mol. The van der Waals surface area contributed by atoms with E-state index in [0.29, 0.717) is 22.5 Å². The van der Waals surface area contributed by atoms with Gasteiger partial charge < -0.3 is 15.6 Å². The molecule has 3 N–H and O–H groups in total. The molecule has 6 heteroatoms. The van der Waals surface area contributed by atoms with Crippen LogP contribution in [0.1, 0.15) is 18.6 Å². The molecule has 1 unspecified atom stereocenters. The molecular weight excluding hydrogens is 230 g/mol. The molecule has 0 aliphatic heterocycles. The van der Waals surface area contributed by atoms with E-state index >= 15 is 0 Å². The smallest absolute Gasteiger partial charge is 0.152 e. The van der Waals surface area contributed by atoms with E-state index in [0.717, 1.165) is 0 Å². The minimum Gasteiger partial charge on any atom is -0.494 e. The van der Waals surface area contributed by atoms with Crippen molar-refractivity contribution in [2.24, 2.45) is 0 Å². The monoisotopic (exact) mass is 243 g/mol. The standard InChI is InChI=1S/C10H13N3O2.ClH/c1-6(14)7-3-4-13-9(10(7)15-2)8(11)5-12-13;/h3-6,14H,11H2,1-2H3;1H. The fraction of sp³-hybridized carbons (Fsp3) is 0.300. The first kappa shape index (κ1) is 12.6.